The molecule has 0 spiro atoms. The van der Waals surface area contributed by atoms with Crippen molar-refractivity contribution in [3.05, 3.63) is 95.5 Å². The van der Waals surface area contributed by atoms with Gasteiger partial charge in [-0.2, -0.15) is 0 Å². The second-order valence-electron chi connectivity index (χ2n) is 7.18. The van der Waals surface area contributed by atoms with E-state index in [1.807, 2.05) is 54.6 Å². The predicted molar refractivity (Wildman–Crippen MR) is 138 cm³/mol. The van der Waals surface area contributed by atoms with Crippen LogP contribution in [0.2, 0.25) is 0 Å². The zero-order valence-corrected chi connectivity index (χ0v) is 20.5. The fourth-order valence-electron chi connectivity index (χ4n) is 3.35. The van der Waals surface area contributed by atoms with E-state index in [1.165, 1.54) is 0 Å². The molecule has 2 heterocycles. The molecule has 0 fully saturated rings. The van der Waals surface area contributed by atoms with Crippen molar-refractivity contribution in [3.8, 4) is 5.75 Å². The van der Waals surface area contributed by atoms with Crippen LogP contribution in [0.5, 0.6) is 5.75 Å². The summed E-state index contributed by atoms with van der Waals surface area (Å²) in [5.41, 5.74) is 4.05. The lowest BCUT2D eigenvalue weighted by Crippen LogP contribution is -2.36. The van der Waals surface area contributed by atoms with Gasteiger partial charge in [0.1, 0.15) is 23.7 Å². The molecule has 0 saturated heterocycles. The van der Waals surface area contributed by atoms with E-state index in [2.05, 4.69) is 39.7 Å². The van der Waals surface area contributed by atoms with E-state index >= 15 is 0 Å². The number of hydrogen-bond donors (Lipinski definition) is 2. The molecule has 4 aromatic rings. The van der Waals surface area contributed by atoms with Crippen molar-refractivity contribution in [3.63, 3.8) is 0 Å². The predicted octanol–water partition coefficient (Wildman–Crippen LogP) is 5.20. The molecule has 32 heavy (non-hydrogen) atoms. The molecule has 166 valence electrons. The number of aliphatic imine (C=N–C) groups is 1. The fourth-order valence-corrected chi connectivity index (χ4v) is 3.35. The molecule has 2 aromatic heterocycles. The van der Waals surface area contributed by atoms with Crippen LogP contribution < -0.4 is 15.4 Å². The van der Waals surface area contributed by atoms with Gasteiger partial charge >= 0.3 is 0 Å². The number of aromatic nitrogens is 1. The molecule has 0 aliphatic carbocycles. The Morgan fingerprint density at radius 3 is 2.59 bits per heavy atom. The molecule has 2 N–H and O–H groups in total. The van der Waals surface area contributed by atoms with E-state index < -0.39 is 0 Å². The number of halogens is 1. The highest BCUT2D eigenvalue weighted by molar-refractivity contribution is 14.0. The third-order valence-corrected chi connectivity index (χ3v) is 5.05. The number of rotatable bonds is 7. The molecule has 4 rings (SSSR count). The molecule has 0 aliphatic heterocycles. The van der Waals surface area contributed by atoms with Crippen molar-refractivity contribution >= 4 is 40.9 Å². The first-order valence-electron chi connectivity index (χ1n) is 10.3. The number of guanidine groups is 1. The van der Waals surface area contributed by atoms with Crippen LogP contribution in [0, 0.1) is 6.92 Å². The maximum absolute atomic E-state index is 5.97. The number of fused-ring (bicyclic) bond motifs is 1. The van der Waals surface area contributed by atoms with E-state index in [9.17, 15) is 0 Å². The summed E-state index contributed by atoms with van der Waals surface area (Å²) in [6.45, 7) is 3.71. The summed E-state index contributed by atoms with van der Waals surface area (Å²) < 4.78 is 11.8. The highest BCUT2D eigenvalue weighted by Gasteiger charge is 2.10. The van der Waals surface area contributed by atoms with E-state index in [0.717, 1.165) is 39.3 Å². The summed E-state index contributed by atoms with van der Waals surface area (Å²) in [5, 5.41) is 7.81. The first kappa shape index (κ1) is 23.6. The monoisotopic (exact) mass is 542 g/mol. The summed E-state index contributed by atoms with van der Waals surface area (Å²) >= 11 is 0. The molecule has 2 aromatic carbocycles. The first-order valence-corrected chi connectivity index (χ1v) is 10.3. The van der Waals surface area contributed by atoms with Crippen molar-refractivity contribution in [1.82, 2.24) is 15.6 Å². The summed E-state index contributed by atoms with van der Waals surface area (Å²) in [7, 11) is 1.76. The number of furan rings is 1. The molecular formula is C25H27IN4O2. The largest absolute Gasteiger partial charge is 0.487 e. The number of nitrogens with zero attached hydrogens (tertiary/aromatic N) is 2. The summed E-state index contributed by atoms with van der Waals surface area (Å²) in [4.78, 5) is 8.60. The van der Waals surface area contributed by atoms with E-state index in [-0.39, 0.29) is 24.0 Å². The molecule has 0 bridgehead atoms. The zero-order valence-electron chi connectivity index (χ0n) is 18.2. The van der Waals surface area contributed by atoms with Crippen molar-refractivity contribution in [2.45, 2.75) is 26.6 Å². The second-order valence-corrected chi connectivity index (χ2v) is 7.18. The molecule has 0 radical (unpaired) electrons. The normalized spacial score (nSPS) is 11.1. The highest BCUT2D eigenvalue weighted by atomic mass is 127. The van der Waals surface area contributed by atoms with Crippen LogP contribution in [0.15, 0.2) is 82.3 Å². The zero-order chi connectivity index (χ0) is 21.5. The van der Waals surface area contributed by atoms with E-state index in [0.29, 0.717) is 25.7 Å². The first-order chi connectivity index (χ1) is 15.2. The van der Waals surface area contributed by atoms with Crippen LogP contribution in [-0.2, 0) is 19.7 Å². The maximum Gasteiger partial charge on any atom is 0.191 e. The number of nitrogens with one attached hydrogen (secondary N) is 2. The van der Waals surface area contributed by atoms with Crippen LogP contribution in [0.25, 0.3) is 11.0 Å². The van der Waals surface area contributed by atoms with Gasteiger partial charge in [0.05, 0.1) is 12.2 Å². The lowest BCUT2D eigenvalue weighted by Gasteiger charge is -2.12. The van der Waals surface area contributed by atoms with Gasteiger partial charge in [-0.15, -0.1) is 24.0 Å². The Bertz CT molecular complexity index is 1180. The molecule has 0 saturated carbocycles. The van der Waals surface area contributed by atoms with Gasteiger partial charge in [-0.3, -0.25) is 9.98 Å². The summed E-state index contributed by atoms with van der Waals surface area (Å²) in [6.07, 6.45) is 1.77. The topological polar surface area (TPSA) is 71.7 Å². The van der Waals surface area contributed by atoms with E-state index in [4.69, 9.17) is 9.15 Å². The lowest BCUT2D eigenvalue weighted by atomic mass is 10.1. The minimum atomic E-state index is 0. The minimum absolute atomic E-state index is 0. The highest BCUT2D eigenvalue weighted by Crippen LogP contribution is 2.24. The molecule has 0 aliphatic rings. The van der Waals surface area contributed by atoms with Gasteiger partial charge in [-0.1, -0.05) is 36.4 Å². The molecule has 0 atom stereocenters. The Morgan fingerprint density at radius 2 is 1.81 bits per heavy atom. The third kappa shape index (κ3) is 6.00. The van der Waals surface area contributed by atoms with Crippen LogP contribution >= 0.6 is 24.0 Å². The Balaban J connectivity index is 0.00000289. The number of ether oxygens (including phenoxy) is 1. The van der Waals surface area contributed by atoms with Crippen molar-refractivity contribution < 1.29 is 9.15 Å². The summed E-state index contributed by atoms with van der Waals surface area (Å²) in [5.74, 6) is 2.43. The minimum Gasteiger partial charge on any atom is -0.487 e. The number of benzene rings is 2. The average molecular weight is 542 g/mol. The Labute approximate surface area is 205 Å². The SMILES string of the molecule is CN=C(NCc1cccc(OCc2ccccn2)c1)NCc1oc2ccccc2c1C.I. The van der Waals surface area contributed by atoms with Crippen molar-refractivity contribution in [2.24, 2.45) is 4.99 Å². The molecule has 0 unspecified atom stereocenters. The van der Waals surface area contributed by atoms with Crippen molar-refractivity contribution in [1.29, 1.82) is 0 Å². The maximum atomic E-state index is 5.97. The average Bonchev–Trinajstić information content (AvgIpc) is 3.14. The Kier molecular flexibility index (Phi) is 8.49. The smallest absolute Gasteiger partial charge is 0.191 e. The number of pyridine rings is 1. The van der Waals surface area contributed by atoms with Gasteiger partial charge in [-0.05, 0) is 42.8 Å². The quantitative estimate of drug-likeness (QED) is 0.191. The van der Waals surface area contributed by atoms with E-state index in [1.54, 1.807) is 13.2 Å². The second kappa shape index (κ2) is 11.5. The van der Waals surface area contributed by atoms with Gasteiger partial charge in [-0.25, -0.2) is 0 Å². The molecule has 6 nitrogen and oxygen atoms in total. The molecular weight excluding hydrogens is 515 g/mol. The van der Waals surface area contributed by atoms with Crippen molar-refractivity contribution in [2.75, 3.05) is 7.05 Å². The number of hydrogen-bond acceptors (Lipinski definition) is 4. The number of aryl methyl sites for hydroxylation is 1. The lowest BCUT2D eigenvalue weighted by molar-refractivity contribution is 0.301. The number of para-hydroxylation sites is 1. The van der Waals surface area contributed by atoms with Gasteiger partial charge < -0.3 is 19.8 Å². The summed E-state index contributed by atoms with van der Waals surface area (Å²) in [6, 6.07) is 21.9. The van der Waals surface area contributed by atoms with Gasteiger partial charge in [0.15, 0.2) is 5.96 Å². The Hall–Kier alpha value is -3.07. The standard InChI is InChI=1S/C25H26N4O2.HI/c1-18-22-11-3-4-12-23(22)31-24(18)16-29-25(26-2)28-15-19-8-7-10-21(14-19)30-17-20-9-5-6-13-27-20;/h3-14H,15-17H2,1-2H3,(H2,26,28,29);1H. The van der Waals surface area contributed by atoms with Gasteiger partial charge in [0.2, 0.25) is 0 Å². The van der Waals surface area contributed by atoms with Crippen LogP contribution in [0.1, 0.15) is 22.6 Å². The third-order valence-electron chi connectivity index (χ3n) is 5.05. The molecule has 0 amide bonds. The van der Waals surface area contributed by atoms with Gasteiger partial charge in [0.25, 0.3) is 0 Å². The fraction of sp³-hybridized carbons (Fsp3) is 0.200. The molecule has 7 heteroatoms. The van der Waals surface area contributed by atoms with Crippen LogP contribution in [-0.4, -0.2) is 18.0 Å². The van der Waals surface area contributed by atoms with Gasteiger partial charge in [0, 0.05) is 30.7 Å². The van der Waals surface area contributed by atoms with Crippen LogP contribution in [0.3, 0.4) is 0 Å². The van der Waals surface area contributed by atoms with Crippen LogP contribution in [0.4, 0.5) is 0 Å². The Morgan fingerprint density at radius 1 is 1.00 bits per heavy atom.